The zero-order valence-electron chi connectivity index (χ0n) is 13.5. The summed E-state index contributed by atoms with van der Waals surface area (Å²) in [6, 6.07) is 2.14. The lowest BCUT2D eigenvalue weighted by Crippen LogP contribution is -2.33. The first-order chi connectivity index (χ1) is 12.1. The molecule has 4 rings (SSSR count). The van der Waals surface area contributed by atoms with E-state index in [2.05, 4.69) is 15.3 Å². The van der Waals surface area contributed by atoms with Gasteiger partial charge in [-0.25, -0.2) is 9.97 Å². The van der Waals surface area contributed by atoms with Gasteiger partial charge in [0.2, 0.25) is 0 Å². The summed E-state index contributed by atoms with van der Waals surface area (Å²) in [5.74, 6) is 0. The van der Waals surface area contributed by atoms with Crippen LogP contribution in [-0.4, -0.2) is 60.8 Å². The van der Waals surface area contributed by atoms with Gasteiger partial charge >= 0.3 is 0 Å². The minimum atomic E-state index is -1.19. The molecule has 9 heteroatoms. The second kappa shape index (κ2) is 6.69. The van der Waals surface area contributed by atoms with E-state index >= 15 is 0 Å². The van der Waals surface area contributed by atoms with Gasteiger partial charge in [0.15, 0.2) is 11.9 Å². The molecular weight excluding hydrogens is 348 g/mol. The van der Waals surface area contributed by atoms with Crippen LogP contribution in [-0.2, 0) is 4.74 Å². The summed E-state index contributed by atoms with van der Waals surface area (Å²) in [6.07, 6.45) is 2.02. The van der Waals surface area contributed by atoms with E-state index in [9.17, 15) is 15.3 Å². The molecule has 2 aliphatic rings. The largest absolute Gasteiger partial charge is 0.394 e. The molecule has 0 amide bonds. The monoisotopic (exact) mass is 368 g/mol. The third-order valence-electron chi connectivity index (χ3n) is 5.00. The Kier molecular flexibility index (Phi) is 4.55. The number of aromatic nitrogens is 3. The fourth-order valence-electron chi connectivity index (χ4n) is 3.67. The van der Waals surface area contributed by atoms with Crippen molar-refractivity contribution >= 4 is 28.5 Å². The van der Waals surface area contributed by atoms with E-state index in [1.54, 1.807) is 10.6 Å². The molecule has 4 N–H and O–H groups in total. The highest BCUT2D eigenvalue weighted by Gasteiger charge is 2.44. The Morgan fingerprint density at radius 2 is 2.04 bits per heavy atom. The Bertz CT molecular complexity index is 764. The fraction of sp³-hybridized carbons (Fsp3) is 0.625. The molecule has 4 atom stereocenters. The first-order valence-electron chi connectivity index (χ1n) is 8.50. The average molecular weight is 369 g/mol. The smallest absolute Gasteiger partial charge is 0.165 e. The number of halogens is 1. The third kappa shape index (κ3) is 2.98. The predicted molar refractivity (Wildman–Crippen MR) is 91.4 cm³/mol. The van der Waals surface area contributed by atoms with E-state index in [4.69, 9.17) is 16.3 Å². The normalized spacial score (nSPS) is 30.4. The lowest BCUT2D eigenvalue weighted by atomic mass is 10.1. The van der Waals surface area contributed by atoms with E-state index in [1.165, 1.54) is 19.2 Å². The van der Waals surface area contributed by atoms with Crippen LogP contribution in [0.2, 0.25) is 5.15 Å². The van der Waals surface area contributed by atoms with Gasteiger partial charge < -0.3 is 25.4 Å². The molecule has 136 valence electrons. The molecule has 3 heterocycles. The third-order valence-corrected chi connectivity index (χ3v) is 5.20. The molecular formula is C16H21ClN4O4. The van der Waals surface area contributed by atoms with Crippen molar-refractivity contribution in [3.05, 3.63) is 17.5 Å². The Morgan fingerprint density at radius 3 is 2.72 bits per heavy atom. The number of anilines is 1. The molecule has 0 radical (unpaired) electrons. The van der Waals surface area contributed by atoms with Crippen molar-refractivity contribution in [2.24, 2.45) is 0 Å². The predicted octanol–water partition coefficient (Wildman–Crippen LogP) is 1.05. The summed E-state index contributed by atoms with van der Waals surface area (Å²) in [5.41, 5.74) is 1.89. The van der Waals surface area contributed by atoms with Crippen LogP contribution in [0, 0.1) is 0 Å². The number of ether oxygens (including phenoxy) is 1. The van der Waals surface area contributed by atoms with Crippen LogP contribution in [0.5, 0.6) is 0 Å². The van der Waals surface area contributed by atoms with Gasteiger partial charge in [-0.05, 0) is 12.8 Å². The number of hydrogen-bond donors (Lipinski definition) is 4. The molecule has 2 aromatic rings. The van der Waals surface area contributed by atoms with Gasteiger partial charge in [-0.3, -0.25) is 4.57 Å². The summed E-state index contributed by atoms with van der Waals surface area (Å²) >= 11 is 6.18. The second-order valence-electron chi connectivity index (χ2n) is 6.67. The molecule has 0 bridgehead atoms. The molecule has 0 spiro atoms. The van der Waals surface area contributed by atoms with E-state index in [1.807, 2.05) is 0 Å². The summed E-state index contributed by atoms with van der Waals surface area (Å²) in [5, 5.41) is 33.3. The van der Waals surface area contributed by atoms with Gasteiger partial charge in [0.25, 0.3) is 0 Å². The summed E-state index contributed by atoms with van der Waals surface area (Å²) in [4.78, 5) is 8.72. The number of pyridine rings is 1. The van der Waals surface area contributed by atoms with Gasteiger partial charge in [-0.2, -0.15) is 0 Å². The molecule has 2 aromatic heterocycles. The standard InChI is InChI=1S/C16H21ClN4O4/c17-11-5-9(19-8-3-1-2-4-8)12-15(20-11)21(7-18-12)16-14(24)13(23)10(6-22)25-16/h5,7-8,10,13-14,16,22-24H,1-4,6H2,(H,19,20)/t10-,13-,14+,16-/m0/s1. The van der Waals surface area contributed by atoms with Gasteiger partial charge in [0, 0.05) is 12.1 Å². The molecule has 25 heavy (non-hydrogen) atoms. The van der Waals surface area contributed by atoms with E-state index in [0.29, 0.717) is 22.4 Å². The summed E-state index contributed by atoms with van der Waals surface area (Å²) in [7, 11) is 0. The summed E-state index contributed by atoms with van der Waals surface area (Å²) < 4.78 is 7.12. The van der Waals surface area contributed by atoms with Crippen LogP contribution in [0.25, 0.3) is 11.2 Å². The first-order valence-corrected chi connectivity index (χ1v) is 8.88. The molecule has 1 saturated heterocycles. The van der Waals surface area contributed by atoms with Crippen LogP contribution >= 0.6 is 11.6 Å². The van der Waals surface area contributed by atoms with Crippen molar-refractivity contribution < 1.29 is 20.1 Å². The quantitative estimate of drug-likeness (QED) is 0.596. The van der Waals surface area contributed by atoms with Crippen molar-refractivity contribution in [3.8, 4) is 0 Å². The van der Waals surface area contributed by atoms with E-state index in [0.717, 1.165) is 18.5 Å². The van der Waals surface area contributed by atoms with Crippen molar-refractivity contribution in [3.63, 3.8) is 0 Å². The Labute approximate surface area is 149 Å². The fourth-order valence-corrected chi connectivity index (χ4v) is 3.86. The molecule has 1 saturated carbocycles. The molecule has 8 nitrogen and oxygen atoms in total. The number of fused-ring (bicyclic) bond motifs is 1. The summed E-state index contributed by atoms with van der Waals surface area (Å²) in [6.45, 7) is -0.385. The number of imidazole rings is 1. The van der Waals surface area contributed by atoms with Gasteiger partial charge in [-0.1, -0.05) is 24.4 Å². The van der Waals surface area contributed by atoms with E-state index < -0.39 is 24.5 Å². The highest BCUT2D eigenvalue weighted by Crippen LogP contribution is 2.34. The number of nitrogens with zero attached hydrogens (tertiary/aromatic N) is 3. The SMILES string of the molecule is OC[C@@H]1O[C@H](n2cnc3c(NC4CCCC4)cc(Cl)nc32)[C@H](O)[C@H]1O. The second-order valence-corrected chi connectivity index (χ2v) is 7.06. The average Bonchev–Trinajstić information content (AvgIpc) is 3.29. The Hall–Kier alpha value is -1.45. The maximum Gasteiger partial charge on any atom is 0.165 e. The minimum absolute atomic E-state index is 0.307. The maximum absolute atomic E-state index is 10.2. The van der Waals surface area contributed by atoms with Crippen LogP contribution in [0.1, 0.15) is 31.9 Å². The van der Waals surface area contributed by atoms with Crippen LogP contribution in [0.4, 0.5) is 5.69 Å². The van der Waals surface area contributed by atoms with Crippen molar-refractivity contribution in [2.75, 3.05) is 11.9 Å². The lowest BCUT2D eigenvalue weighted by molar-refractivity contribution is -0.0511. The van der Waals surface area contributed by atoms with Gasteiger partial charge in [0.1, 0.15) is 29.0 Å². The maximum atomic E-state index is 10.2. The Balaban J connectivity index is 1.70. The molecule has 0 unspecified atom stereocenters. The number of aliphatic hydroxyl groups is 3. The van der Waals surface area contributed by atoms with Crippen LogP contribution < -0.4 is 5.32 Å². The highest BCUT2D eigenvalue weighted by molar-refractivity contribution is 6.30. The van der Waals surface area contributed by atoms with Gasteiger partial charge in [0.05, 0.1) is 18.6 Å². The van der Waals surface area contributed by atoms with Crippen LogP contribution in [0.3, 0.4) is 0 Å². The number of aliphatic hydroxyl groups excluding tert-OH is 3. The Morgan fingerprint density at radius 1 is 1.28 bits per heavy atom. The van der Waals surface area contributed by atoms with Crippen molar-refractivity contribution in [2.45, 2.75) is 56.3 Å². The first kappa shape index (κ1) is 17.0. The molecule has 2 fully saturated rings. The lowest BCUT2D eigenvalue weighted by Gasteiger charge is -2.17. The van der Waals surface area contributed by atoms with Crippen molar-refractivity contribution in [1.29, 1.82) is 0 Å². The topological polar surface area (TPSA) is 113 Å². The van der Waals surface area contributed by atoms with E-state index in [-0.39, 0.29) is 6.61 Å². The van der Waals surface area contributed by atoms with Crippen molar-refractivity contribution in [1.82, 2.24) is 14.5 Å². The number of nitrogens with one attached hydrogen (secondary N) is 1. The molecule has 1 aliphatic carbocycles. The number of hydrogen-bond acceptors (Lipinski definition) is 7. The zero-order valence-corrected chi connectivity index (χ0v) is 14.3. The van der Waals surface area contributed by atoms with Gasteiger partial charge in [-0.15, -0.1) is 0 Å². The highest BCUT2D eigenvalue weighted by atomic mass is 35.5. The molecule has 1 aliphatic heterocycles. The zero-order chi connectivity index (χ0) is 17.6. The number of rotatable bonds is 4. The van der Waals surface area contributed by atoms with Crippen LogP contribution in [0.15, 0.2) is 12.4 Å². The molecule has 0 aromatic carbocycles. The minimum Gasteiger partial charge on any atom is -0.394 e.